The fraction of sp³-hybridized carbons (Fsp3) is 0.462. The summed E-state index contributed by atoms with van der Waals surface area (Å²) < 4.78 is 0. The number of rotatable bonds is 6. The highest BCUT2D eigenvalue weighted by Gasteiger charge is 2.06. The third kappa shape index (κ3) is 5.71. The molecule has 1 rings (SSSR count). The molecule has 1 aromatic rings. The first kappa shape index (κ1) is 15.3. The molecule has 100 valence electrons. The van der Waals surface area contributed by atoms with E-state index in [1.807, 2.05) is 0 Å². The van der Waals surface area contributed by atoms with Gasteiger partial charge in [-0.25, -0.2) is 0 Å². The zero-order chi connectivity index (χ0) is 13.5. The molecule has 0 bridgehead atoms. The minimum atomic E-state index is -0.122. The van der Waals surface area contributed by atoms with E-state index in [0.29, 0.717) is 21.7 Å². The first-order valence-electron chi connectivity index (χ1n) is 5.94. The maximum atomic E-state index is 11.6. The van der Waals surface area contributed by atoms with Crippen LogP contribution in [0.15, 0.2) is 18.2 Å². The molecule has 5 heteroatoms. The molecule has 1 aromatic carbocycles. The lowest BCUT2D eigenvalue weighted by Gasteiger charge is -2.09. The lowest BCUT2D eigenvalue weighted by molar-refractivity contribution is -0.115. The SMILES string of the molecule is CC(C)CCNCC(=O)Nc1cc(Cl)ccc1Cl. The molecular formula is C13H18Cl2N2O. The highest BCUT2D eigenvalue weighted by Crippen LogP contribution is 2.25. The first-order chi connectivity index (χ1) is 8.49. The number of anilines is 1. The van der Waals surface area contributed by atoms with Crippen LogP contribution >= 0.6 is 23.2 Å². The van der Waals surface area contributed by atoms with Crippen LogP contribution in [0.25, 0.3) is 0 Å². The van der Waals surface area contributed by atoms with Crippen LogP contribution in [0, 0.1) is 5.92 Å². The second-order valence-electron chi connectivity index (χ2n) is 4.53. The summed E-state index contributed by atoms with van der Waals surface area (Å²) >= 11 is 11.8. The highest BCUT2D eigenvalue weighted by atomic mass is 35.5. The quantitative estimate of drug-likeness (QED) is 0.786. The molecule has 3 nitrogen and oxygen atoms in total. The normalized spacial score (nSPS) is 10.7. The summed E-state index contributed by atoms with van der Waals surface area (Å²) in [6.07, 6.45) is 1.05. The van der Waals surface area contributed by atoms with Crippen molar-refractivity contribution in [2.24, 2.45) is 5.92 Å². The summed E-state index contributed by atoms with van der Waals surface area (Å²) in [6.45, 7) is 5.39. The van der Waals surface area contributed by atoms with Crippen molar-refractivity contribution < 1.29 is 4.79 Å². The minimum Gasteiger partial charge on any atom is -0.324 e. The maximum Gasteiger partial charge on any atom is 0.238 e. The Morgan fingerprint density at radius 2 is 2.06 bits per heavy atom. The van der Waals surface area contributed by atoms with Crippen molar-refractivity contribution in [2.45, 2.75) is 20.3 Å². The summed E-state index contributed by atoms with van der Waals surface area (Å²) in [5, 5.41) is 6.83. The minimum absolute atomic E-state index is 0.122. The highest BCUT2D eigenvalue weighted by molar-refractivity contribution is 6.35. The van der Waals surface area contributed by atoms with Crippen molar-refractivity contribution in [3.8, 4) is 0 Å². The fourth-order valence-electron chi connectivity index (χ4n) is 1.38. The summed E-state index contributed by atoms with van der Waals surface area (Å²) in [5.74, 6) is 0.505. The number of nitrogens with one attached hydrogen (secondary N) is 2. The van der Waals surface area contributed by atoms with E-state index in [1.165, 1.54) is 0 Å². The van der Waals surface area contributed by atoms with Gasteiger partial charge in [0.2, 0.25) is 5.91 Å². The standard InChI is InChI=1S/C13H18Cl2N2O/c1-9(2)5-6-16-8-13(18)17-12-7-10(14)3-4-11(12)15/h3-4,7,9,16H,5-6,8H2,1-2H3,(H,17,18). The second kappa shape index (κ2) is 7.62. The summed E-state index contributed by atoms with van der Waals surface area (Å²) in [6, 6.07) is 4.97. The Morgan fingerprint density at radius 1 is 1.33 bits per heavy atom. The summed E-state index contributed by atoms with van der Waals surface area (Å²) in [5.41, 5.74) is 0.542. The molecule has 0 aliphatic rings. The molecule has 0 radical (unpaired) electrons. The van der Waals surface area contributed by atoms with Crippen LogP contribution in [0.1, 0.15) is 20.3 Å². The molecule has 1 amide bonds. The first-order valence-corrected chi connectivity index (χ1v) is 6.70. The molecule has 0 saturated heterocycles. The van der Waals surface area contributed by atoms with Gasteiger partial charge in [0, 0.05) is 5.02 Å². The number of amides is 1. The van der Waals surface area contributed by atoms with Crippen molar-refractivity contribution in [1.29, 1.82) is 0 Å². The van der Waals surface area contributed by atoms with Crippen LogP contribution in [0.2, 0.25) is 10.0 Å². The predicted octanol–water partition coefficient (Wildman–Crippen LogP) is 3.57. The number of carbonyl (C=O) groups is 1. The Bertz CT molecular complexity index is 408. The van der Waals surface area contributed by atoms with E-state index in [-0.39, 0.29) is 12.5 Å². The van der Waals surface area contributed by atoms with E-state index >= 15 is 0 Å². The summed E-state index contributed by atoms with van der Waals surface area (Å²) in [4.78, 5) is 11.6. The Morgan fingerprint density at radius 3 is 2.72 bits per heavy atom. The van der Waals surface area contributed by atoms with Gasteiger partial charge in [-0.2, -0.15) is 0 Å². The largest absolute Gasteiger partial charge is 0.324 e. The van der Waals surface area contributed by atoms with Gasteiger partial charge in [0.25, 0.3) is 0 Å². The molecule has 18 heavy (non-hydrogen) atoms. The molecule has 0 aliphatic carbocycles. The van der Waals surface area contributed by atoms with Crippen LogP contribution in [-0.4, -0.2) is 19.0 Å². The molecular weight excluding hydrogens is 271 g/mol. The van der Waals surface area contributed by atoms with E-state index in [1.54, 1.807) is 18.2 Å². The average Bonchev–Trinajstić information content (AvgIpc) is 2.29. The number of hydrogen-bond acceptors (Lipinski definition) is 2. The molecule has 0 saturated carbocycles. The average molecular weight is 289 g/mol. The third-order valence-corrected chi connectivity index (χ3v) is 2.95. The Hall–Kier alpha value is -0.770. The van der Waals surface area contributed by atoms with Crippen molar-refractivity contribution in [1.82, 2.24) is 5.32 Å². The van der Waals surface area contributed by atoms with E-state index in [4.69, 9.17) is 23.2 Å². The van der Waals surface area contributed by atoms with Crippen LogP contribution in [-0.2, 0) is 4.79 Å². The third-order valence-electron chi connectivity index (χ3n) is 2.39. The molecule has 0 fully saturated rings. The van der Waals surface area contributed by atoms with E-state index in [2.05, 4.69) is 24.5 Å². The lowest BCUT2D eigenvalue weighted by Crippen LogP contribution is -2.29. The van der Waals surface area contributed by atoms with Crippen LogP contribution in [0.3, 0.4) is 0 Å². The van der Waals surface area contributed by atoms with Gasteiger partial charge in [-0.3, -0.25) is 4.79 Å². The van der Waals surface area contributed by atoms with Gasteiger partial charge in [-0.1, -0.05) is 37.0 Å². The van der Waals surface area contributed by atoms with Crippen molar-refractivity contribution in [3.05, 3.63) is 28.2 Å². The van der Waals surface area contributed by atoms with Gasteiger partial charge in [0.05, 0.1) is 17.3 Å². The number of hydrogen-bond donors (Lipinski definition) is 2. The van der Waals surface area contributed by atoms with Crippen LogP contribution in [0.4, 0.5) is 5.69 Å². The zero-order valence-corrected chi connectivity index (χ0v) is 12.1. The van der Waals surface area contributed by atoms with Crippen LogP contribution < -0.4 is 10.6 Å². The molecule has 0 unspecified atom stereocenters. The Balaban J connectivity index is 2.38. The molecule has 0 aliphatic heterocycles. The van der Waals surface area contributed by atoms with Gasteiger partial charge >= 0.3 is 0 Å². The summed E-state index contributed by atoms with van der Waals surface area (Å²) in [7, 11) is 0. The zero-order valence-electron chi connectivity index (χ0n) is 10.6. The number of halogens is 2. The monoisotopic (exact) mass is 288 g/mol. The van der Waals surface area contributed by atoms with Crippen molar-refractivity contribution in [3.63, 3.8) is 0 Å². The topological polar surface area (TPSA) is 41.1 Å². The number of carbonyl (C=O) groups excluding carboxylic acids is 1. The molecule has 2 N–H and O–H groups in total. The van der Waals surface area contributed by atoms with E-state index in [9.17, 15) is 4.79 Å². The van der Waals surface area contributed by atoms with Gasteiger partial charge in [-0.15, -0.1) is 0 Å². The van der Waals surface area contributed by atoms with E-state index < -0.39 is 0 Å². The molecule has 0 spiro atoms. The van der Waals surface area contributed by atoms with Crippen molar-refractivity contribution in [2.75, 3.05) is 18.4 Å². The Labute approximate surface area is 118 Å². The van der Waals surface area contributed by atoms with Gasteiger partial charge in [0.15, 0.2) is 0 Å². The number of benzene rings is 1. The molecule has 0 atom stereocenters. The van der Waals surface area contributed by atoms with E-state index in [0.717, 1.165) is 13.0 Å². The second-order valence-corrected chi connectivity index (χ2v) is 5.38. The smallest absolute Gasteiger partial charge is 0.238 e. The molecule has 0 heterocycles. The Kier molecular flexibility index (Phi) is 6.47. The van der Waals surface area contributed by atoms with Gasteiger partial charge in [-0.05, 0) is 37.1 Å². The maximum absolute atomic E-state index is 11.6. The van der Waals surface area contributed by atoms with Gasteiger partial charge in [0.1, 0.15) is 0 Å². The van der Waals surface area contributed by atoms with Gasteiger partial charge < -0.3 is 10.6 Å². The predicted molar refractivity (Wildman–Crippen MR) is 77.4 cm³/mol. The lowest BCUT2D eigenvalue weighted by atomic mass is 10.1. The van der Waals surface area contributed by atoms with Crippen LogP contribution in [0.5, 0.6) is 0 Å². The van der Waals surface area contributed by atoms with Crippen molar-refractivity contribution >= 4 is 34.8 Å². The molecule has 0 aromatic heterocycles. The fourth-order valence-corrected chi connectivity index (χ4v) is 1.72.